The summed E-state index contributed by atoms with van der Waals surface area (Å²) >= 11 is 6.06. The van der Waals surface area contributed by atoms with Crippen LogP contribution in [-0.2, 0) is 0 Å². The summed E-state index contributed by atoms with van der Waals surface area (Å²) in [5, 5.41) is 0.427. The number of ketones is 1. The summed E-state index contributed by atoms with van der Waals surface area (Å²) in [4.78, 5) is 22.9. The van der Waals surface area contributed by atoms with E-state index in [1.165, 1.54) is 0 Å². The Hall–Kier alpha value is -1.93. The molecule has 0 spiro atoms. The molecule has 2 rings (SSSR count). The Morgan fingerprint density at radius 1 is 1.17 bits per heavy atom. The third-order valence-corrected chi connectivity index (χ3v) is 2.97. The molecule has 2 aromatic carbocycles. The van der Waals surface area contributed by atoms with E-state index >= 15 is 0 Å². The van der Waals surface area contributed by atoms with E-state index in [2.05, 4.69) is 0 Å². The van der Waals surface area contributed by atoms with E-state index in [9.17, 15) is 9.59 Å². The zero-order chi connectivity index (χ0) is 13.1. The second-order valence-corrected chi connectivity index (χ2v) is 4.46. The molecule has 0 aromatic heterocycles. The number of aldehydes is 1. The van der Waals surface area contributed by atoms with Gasteiger partial charge in [0.1, 0.15) is 6.29 Å². The lowest BCUT2D eigenvalue weighted by atomic mass is 10.0. The standard InChI is InChI=1S/C15H11ClO2/c1-10-5-6-13(14(16)7-10)15(18)12-4-2-3-11(8-12)9-17/h2-9H,1H3. The highest BCUT2D eigenvalue weighted by Gasteiger charge is 2.13. The molecular formula is C15H11ClO2. The Bertz CT molecular complexity index is 618. The third kappa shape index (κ3) is 2.49. The van der Waals surface area contributed by atoms with Crippen molar-refractivity contribution in [2.45, 2.75) is 6.92 Å². The summed E-state index contributed by atoms with van der Waals surface area (Å²) in [7, 11) is 0. The number of benzene rings is 2. The van der Waals surface area contributed by atoms with Crippen molar-refractivity contribution < 1.29 is 9.59 Å². The average Bonchev–Trinajstić information content (AvgIpc) is 2.38. The molecule has 0 bridgehead atoms. The fourth-order valence-electron chi connectivity index (χ4n) is 1.71. The van der Waals surface area contributed by atoms with Crippen LogP contribution in [0.4, 0.5) is 0 Å². The molecule has 0 aliphatic rings. The number of hydrogen-bond donors (Lipinski definition) is 0. The average molecular weight is 259 g/mol. The van der Waals surface area contributed by atoms with Crippen LogP contribution in [0.25, 0.3) is 0 Å². The number of halogens is 1. The van der Waals surface area contributed by atoms with Crippen molar-refractivity contribution in [2.24, 2.45) is 0 Å². The van der Waals surface area contributed by atoms with Gasteiger partial charge >= 0.3 is 0 Å². The zero-order valence-electron chi connectivity index (χ0n) is 9.81. The number of hydrogen-bond acceptors (Lipinski definition) is 2. The van der Waals surface area contributed by atoms with Crippen LogP contribution in [0.2, 0.25) is 5.02 Å². The van der Waals surface area contributed by atoms with Crippen LogP contribution < -0.4 is 0 Å². The summed E-state index contributed by atoms with van der Waals surface area (Å²) in [5.74, 6) is -0.177. The maximum absolute atomic E-state index is 12.2. The van der Waals surface area contributed by atoms with Crippen molar-refractivity contribution in [3.05, 3.63) is 69.7 Å². The summed E-state index contributed by atoms with van der Waals surface area (Å²) in [5.41, 5.74) is 2.39. The van der Waals surface area contributed by atoms with Gasteiger partial charge in [0.05, 0.1) is 5.02 Å². The first-order chi connectivity index (χ1) is 8.61. The first-order valence-electron chi connectivity index (χ1n) is 5.48. The van der Waals surface area contributed by atoms with Gasteiger partial charge in [0, 0.05) is 16.7 Å². The van der Waals surface area contributed by atoms with Gasteiger partial charge in [-0.15, -0.1) is 0 Å². The van der Waals surface area contributed by atoms with Crippen LogP contribution in [-0.4, -0.2) is 12.1 Å². The predicted molar refractivity (Wildman–Crippen MR) is 71.5 cm³/mol. The topological polar surface area (TPSA) is 34.1 Å². The highest BCUT2D eigenvalue weighted by atomic mass is 35.5. The summed E-state index contributed by atoms with van der Waals surface area (Å²) < 4.78 is 0. The largest absolute Gasteiger partial charge is 0.298 e. The minimum absolute atomic E-state index is 0.177. The first-order valence-corrected chi connectivity index (χ1v) is 5.85. The Balaban J connectivity index is 2.44. The molecule has 18 heavy (non-hydrogen) atoms. The molecule has 2 aromatic rings. The van der Waals surface area contributed by atoms with Crippen molar-refractivity contribution in [3.63, 3.8) is 0 Å². The molecule has 0 heterocycles. The summed E-state index contributed by atoms with van der Waals surface area (Å²) in [6.07, 6.45) is 0.716. The molecule has 0 radical (unpaired) electrons. The maximum atomic E-state index is 12.2. The molecule has 3 heteroatoms. The number of aryl methyl sites for hydroxylation is 1. The number of carbonyl (C=O) groups is 2. The molecule has 2 nitrogen and oxygen atoms in total. The van der Waals surface area contributed by atoms with E-state index in [4.69, 9.17) is 11.6 Å². The van der Waals surface area contributed by atoms with E-state index in [0.717, 1.165) is 5.56 Å². The Labute approximate surface area is 110 Å². The normalized spacial score (nSPS) is 10.1. The van der Waals surface area contributed by atoms with Gasteiger partial charge in [0.15, 0.2) is 5.78 Å². The smallest absolute Gasteiger partial charge is 0.194 e. The van der Waals surface area contributed by atoms with Crippen molar-refractivity contribution in [1.29, 1.82) is 0 Å². The lowest BCUT2D eigenvalue weighted by Crippen LogP contribution is -2.03. The number of rotatable bonds is 3. The van der Waals surface area contributed by atoms with E-state index < -0.39 is 0 Å². The monoisotopic (exact) mass is 258 g/mol. The van der Waals surface area contributed by atoms with Crippen molar-refractivity contribution >= 4 is 23.7 Å². The molecule has 0 saturated carbocycles. The third-order valence-electron chi connectivity index (χ3n) is 2.65. The van der Waals surface area contributed by atoms with Gasteiger partial charge in [-0.05, 0) is 30.7 Å². The van der Waals surface area contributed by atoms with Crippen molar-refractivity contribution in [1.82, 2.24) is 0 Å². The Morgan fingerprint density at radius 3 is 2.61 bits per heavy atom. The summed E-state index contributed by atoms with van der Waals surface area (Å²) in [6.45, 7) is 1.91. The molecule has 0 fully saturated rings. The number of carbonyl (C=O) groups excluding carboxylic acids is 2. The highest BCUT2D eigenvalue weighted by Crippen LogP contribution is 2.21. The molecule has 0 aliphatic heterocycles. The first kappa shape index (κ1) is 12.5. The van der Waals surface area contributed by atoms with Crippen LogP contribution in [0.15, 0.2) is 42.5 Å². The Morgan fingerprint density at radius 2 is 1.94 bits per heavy atom. The van der Waals surface area contributed by atoms with Crippen LogP contribution in [0.1, 0.15) is 31.8 Å². The second-order valence-electron chi connectivity index (χ2n) is 4.06. The summed E-state index contributed by atoms with van der Waals surface area (Å²) in [6, 6.07) is 11.9. The SMILES string of the molecule is Cc1ccc(C(=O)c2cccc(C=O)c2)c(Cl)c1. The molecule has 0 amide bonds. The van der Waals surface area contributed by atoms with Gasteiger partial charge in [-0.3, -0.25) is 9.59 Å². The van der Waals surface area contributed by atoms with Gasteiger partial charge in [-0.25, -0.2) is 0 Å². The fraction of sp³-hybridized carbons (Fsp3) is 0.0667. The van der Waals surface area contributed by atoms with E-state index in [1.54, 1.807) is 36.4 Å². The molecule has 0 aliphatic carbocycles. The van der Waals surface area contributed by atoms with E-state index in [0.29, 0.717) is 28.0 Å². The minimum atomic E-state index is -0.177. The molecule has 0 unspecified atom stereocenters. The van der Waals surface area contributed by atoms with Gasteiger partial charge in [0.25, 0.3) is 0 Å². The van der Waals surface area contributed by atoms with E-state index in [-0.39, 0.29) is 5.78 Å². The minimum Gasteiger partial charge on any atom is -0.298 e. The van der Waals surface area contributed by atoms with Crippen molar-refractivity contribution in [3.8, 4) is 0 Å². The zero-order valence-corrected chi connectivity index (χ0v) is 10.6. The Kier molecular flexibility index (Phi) is 3.58. The quantitative estimate of drug-likeness (QED) is 0.621. The van der Waals surface area contributed by atoms with Gasteiger partial charge in [-0.2, -0.15) is 0 Å². The van der Waals surface area contributed by atoms with Gasteiger partial charge in [0.2, 0.25) is 0 Å². The van der Waals surface area contributed by atoms with Crippen LogP contribution in [0, 0.1) is 6.92 Å². The van der Waals surface area contributed by atoms with Gasteiger partial charge in [-0.1, -0.05) is 35.9 Å². The molecule has 0 saturated heterocycles. The molecule has 90 valence electrons. The van der Waals surface area contributed by atoms with Gasteiger partial charge < -0.3 is 0 Å². The van der Waals surface area contributed by atoms with Crippen LogP contribution >= 0.6 is 11.6 Å². The highest BCUT2D eigenvalue weighted by molar-refractivity contribution is 6.35. The molecule has 0 N–H and O–H groups in total. The maximum Gasteiger partial charge on any atom is 0.194 e. The fourth-order valence-corrected chi connectivity index (χ4v) is 2.03. The van der Waals surface area contributed by atoms with Crippen LogP contribution in [0.5, 0.6) is 0 Å². The van der Waals surface area contributed by atoms with Crippen molar-refractivity contribution in [2.75, 3.05) is 0 Å². The lowest BCUT2D eigenvalue weighted by molar-refractivity contribution is 0.103. The second kappa shape index (κ2) is 5.15. The molecular weight excluding hydrogens is 248 g/mol. The molecule has 0 atom stereocenters. The lowest BCUT2D eigenvalue weighted by Gasteiger charge is -2.05. The van der Waals surface area contributed by atoms with E-state index in [1.807, 2.05) is 13.0 Å². The predicted octanol–water partition coefficient (Wildman–Crippen LogP) is 3.69. The van der Waals surface area contributed by atoms with Crippen LogP contribution in [0.3, 0.4) is 0 Å².